The molecule has 0 saturated heterocycles. The summed E-state index contributed by atoms with van der Waals surface area (Å²) in [6.45, 7) is 2.20. The van der Waals surface area contributed by atoms with Gasteiger partial charge in [0.15, 0.2) is 5.17 Å². The van der Waals surface area contributed by atoms with E-state index in [1.807, 2.05) is 49.4 Å². The van der Waals surface area contributed by atoms with Crippen molar-refractivity contribution < 1.29 is 9.53 Å². The lowest BCUT2D eigenvalue weighted by Gasteiger charge is -2.22. The fourth-order valence-electron chi connectivity index (χ4n) is 3.13. The Balaban J connectivity index is 1.73. The van der Waals surface area contributed by atoms with Crippen LogP contribution in [0, 0.1) is 0 Å². The maximum Gasteiger partial charge on any atom is 0.316 e. The minimum absolute atomic E-state index is 0.00482. The fourth-order valence-corrected chi connectivity index (χ4v) is 4.00. The normalized spacial score (nSPS) is 16.2. The molecule has 0 amide bonds. The van der Waals surface area contributed by atoms with Gasteiger partial charge < -0.3 is 4.74 Å². The number of carbonyl (C=O) groups excluding carboxylic acids is 1. The molecule has 1 aromatic heterocycles. The molecule has 26 heavy (non-hydrogen) atoms. The van der Waals surface area contributed by atoms with Crippen molar-refractivity contribution in [2.75, 3.05) is 12.4 Å². The second-order valence-corrected chi connectivity index (χ2v) is 6.93. The number of carbonyl (C=O) groups is 1. The van der Waals surface area contributed by atoms with Crippen LogP contribution in [0.3, 0.4) is 0 Å². The molecule has 1 aliphatic rings. The molecular weight excluding hydrogens is 346 g/mol. The van der Waals surface area contributed by atoms with Crippen LogP contribution >= 0.6 is 11.8 Å². The molecule has 1 atom stereocenters. The molecule has 6 heteroatoms. The van der Waals surface area contributed by atoms with Crippen molar-refractivity contribution in [1.82, 2.24) is 9.55 Å². The number of nitrogens with zero attached hydrogens (tertiary/aromatic N) is 3. The van der Waals surface area contributed by atoms with Gasteiger partial charge in [0.25, 0.3) is 0 Å². The van der Waals surface area contributed by atoms with Crippen LogP contribution in [0.5, 0.6) is 0 Å². The Bertz CT molecular complexity index is 966. The number of hydrogen-bond acceptors (Lipinski definition) is 5. The van der Waals surface area contributed by atoms with Gasteiger partial charge in [-0.3, -0.25) is 14.4 Å². The maximum absolute atomic E-state index is 11.8. The molecular formula is C20H19N3O2S. The third kappa shape index (κ3) is 3.24. The number of thioether (sulfide) groups is 1. The van der Waals surface area contributed by atoms with Crippen LogP contribution in [0.2, 0.25) is 0 Å². The zero-order valence-electron chi connectivity index (χ0n) is 14.5. The standard InChI is InChI=1S/C20H19N3O2S/c1-2-25-19(24)13-26-20-22-16(14-8-4-3-5-9-14)12-18-21-15-10-6-7-11-17(15)23(18)20/h3-11,16H,2,12-13H2,1H3. The van der Waals surface area contributed by atoms with Gasteiger partial charge in [0.05, 0.1) is 29.4 Å². The van der Waals surface area contributed by atoms with E-state index in [0.29, 0.717) is 6.61 Å². The van der Waals surface area contributed by atoms with Gasteiger partial charge >= 0.3 is 5.97 Å². The van der Waals surface area contributed by atoms with E-state index in [9.17, 15) is 4.79 Å². The highest BCUT2D eigenvalue weighted by atomic mass is 32.2. The van der Waals surface area contributed by atoms with Crippen LogP contribution in [0.25, 0.3) is 11.0 Å². The van der Waals surface area contributed by atoms with Crippen molar-refractivity contribution in [2.24, 2.45) is 4.99 Å². The minimum Gasteiger partial charge on any atom is -0.465 e. The molecule has 0 spiro atoms. The first kappa shape index (κ1) is 16.8. The van der Waals surface area contributed by atoms with Crippen LogP contribution in [0.15, 0.2) is 59.6 Å². The Morgan fingerprint density at radius 3 is 2.77 bits per heavy atom. The summed E-state index contributed by atoms with van der Waals surface area (Å²) in [7, 11) is 0. The van der Waals surface area contributed by atoms with Gasteiger partial charge in [0.1, 0.15) is 5.82 Å². The average Bonchev–Trinajstić information content (AvgIpc) is 3.05. The largest absolute Gasteiger partial charge is 0.465 e. The Morgan fingerprint density at radius 2 is 1.96 bits per heavy atom. The van der Waals surface area contributed by atoms with Crippen LogP contribution < -0.4 is 0 Å². The van der Waals surface area contributed by atoms with Crippen molar-refractivity contribution >= 4 is 33.9 Å². The van der Waals surface area contributed by atoms with Crippen molar-refractivity contribution in [3.63, 3.8) is 0 Å². The van der Waals surface area contributed by atoms with Crippen LogP contribution in [0.1, 0.15) is 24.4 Å². The van der Waals surface area contributed by atoms with Gasteiger partial charge in [-0.2, -0.15) is 0 Å². The third-order valence-electron chi connectivity index (χ3n) is 4.27. The van der Waals surface area contributed by atoms with E-state index in [1.165, 1.54) is 11.8 Å². The minimum atomic E-state index is -0.229. The second kappa shape index (κ2) is 7.33. The summed E-state index contributed by atoms with van der Waals surface area (Å²) in [4.78, 5) is 21.6. The van der Waals surface area contributed by atoms with E-state index in [-0.39, 0.29) is 17.8 Å². The summed E-state index contributed by atoms with van der Waals surface area (Å²) in [5.74, 6) is 0.981. The number of fused-ring (bicyclic) bond motifs is 3. The third-order valence-corrected chi connectivity index (χ3v) is 5.20. The monoisotopic (exact) mass is 365 g/mol. The molecule has 2 aromatic carbocycles. The number of benzene rings is 2. The molecule has 0 radical (unpaired) electrons. The molecule has 0 aliphatic carbocycles. The number of para-hydroxylation sites is 2. The molecule has 0 bridgehead atoms. The van der Waals surface area contributed by atoms with Gasteiger partial charge in [-0.1, -0.05) is 54.2 Å². The summed E-state index contributed by atoms with van der Waals surface area (Å²) in [5.41, 5.74) is 3.12. The number of aromatic nitrogens is 2. The summed E-state index contributed by atoms with van der Waals surface area (Å²) in [6.07, 6.45) is 0.738. The molecule has 132 valence electrons. The zero-order valence-corrected chi connectivity index (χ0v) is 15.3. The zero-order chi connectivity index (χ0) is 17.9. The van der Waals surface area contributed by atoms with Crippen molar-refractivity contribution in [3.8, 4) is 0 Å². The van der Waals surface area contributed by atoms with Gasteiger partial charge in [-0.15, -0.1) is 0 Å². The highest BCUT2D eigenvalue weighted by Crippen LogP contribution is 2.31. The topological polar surface area (TPSA) is 56.5 Å². The summed E-state index contributed by atoms with van der Waals surface area (Å²) < 4.78 is 7.13. The van der Waals surface area contributed by atoms with E-state index in [2.05, 4.69) is 16.7 Å². The summed E-state index contributed by atoms with van der Waals surface area (Å²) in [6, 6.07) is 18.2. The van der Waals surface area contributed by atoms with Gasteiger partial charge in [0, 0.05) is 6.42 Å². The van der Waals surface area contributed by atoms with E-state index < -0.39 is 0 Å². The Kier molecular flexibility index (Phi) is 4.75. The van der Waals surface area contributed by atoms with Crippen LogP contribution in [-0.4, -0.2) is 33.0 Å². The van der Waals surface area contributed by atoms with Gasteiger partial charge in [-0.25, -0.2) is 4.98 Å². The highest BCUT2D eigenvalue weighted by Gasteiger charge is 2.26. The van der Waals surface area contributed by atoms with Crippen LogP contribution in [-0.2, 0) is 16.0 Å². The van der Waals surface area contributed by atoms with Gasteiger partial charge in [0.2, 0.25) is 0 Å². The first-order valence-electron chi connectivity index (χ1n) is 8.64. The molecule has 3 aromatic rings. The SMILES string of the molecule is CCOC(=O)CSC1=NC(c2ccccc2)Cc2nc3ccccc3n21. The summed E-state index contributed by atoms with van der Waals surface area (Å²) in [5, 5.41) is 0.793. The van der Waals surface area contributed by atoms with E-state index >= 15 is 0 Å². The Hall–Kier alpha value is -2.60. The average molecular weight is 365 g/mol. The maximum atomic E-state index is 11.8. The lowest BCUT2D eigenvalue weighted by Crippen LogP contribution is -2.22. The number of hydrogen-bond donors (Lipinski definition) is 0. The highest BCUT2D eigenvalue weighted by molar-refractivity contribution is 8.14. The van der Waals surface area contributed by atoms with Crippen LogP contribution in [0.4, 0.5) is 0 Å². The second-order valence-electron chi connectivity index (χ2n) is 5.99. The summed E-state index contributed by atoms with van der Waals surface area (Å²) >= 11 is 1.40. The Morgan fingerprint density at radius 1 is 1.19 bits per heavy atom. The van der Waals surface area contributed by atoms with Crippen molar-refractivity contribution in [2.45, 2.75) is 19.4 Å². The van der Waals surface area contributed by atoms with Crippen molar-refractivity contribution in [1.29, 1.82) is 0 Å². The number of esters is 1. The molecule has 1 unspecified atom stereocenters. The fraction of sp³-hybridized carbons (Fsp3) is 0.250. The van der Waals surface area contributed by atoms with E-state index in [1.54, 1.807) is 0 Å². The number of ether oxygens (including phenoxy) is 1. The predicted octanol–water partition coefficient (Wildman–Crippen LogP) is 3.83. The van der Waals surface area contributed by atoms with E-state index in [4.69, 9.17) is 14.7 Å². The van der Waals surface area contributed by atoms with Crippen molar-refractivity contribution in [3.05, 3.63) is 66.0 Å². The quantitative estimate of drug-likeness (QED) is 0.659. The molecule has 2 heterocycles. The molecule has 0 N–H and O–H groups in total. The number of imidazole rings is 1. The van der Waals surface area contributed by atoms with E-state index in [0.717, 1.165) is 34.0 Å². The lowest BCUT2D eigenvalue weighted by atomic mass is 10.0. The predicted molar refractivity (Wildman–Crippen MR) is 105 cm³/mol. The lowest BCUT2D eigenvalue weighted by molar-refractivity contribution is -0.139. The number of rotatable bonds is 4. The first-order valence-corrected chi connectivity index (χ1v) is 9.62. The molecule has 0 fully saturated rings. The molecule has 1 aliphatic heterocycles. The molecule has 0 saturated carbocycles. The smallest absolute Gasteiger partial charge is 0.316 e. The van der Waals surface area contributed by atoms with Gasteiger partial charge in [-0.05, 0) is 24.6 Å². The molecule has 5 nitrogen and oxygen atoms in total. The molecule has 4 rings (SSSR count). The Labute approximate surface area is 156 Å². The number of aliphatic imine (C=N–C) groups is 1. The first-order chi connectivity index (χ1) is 12.8.